The Kier molecular flexibility index (Phi) is 6.43. The molecule has 0 spiro atoms. The topological polar surface area (TPSA) is 116 Å². The summed E-state index contributed by atoms with van der Waals surface area (Å²) in [4.78, 5) is 13.5. The van der Waals surface area contributed by atoms with Crippen LogP contribution in [0, 0.1) is 34.5 Å². The maximum Gasteiger partial charge on any atom is 0.164 e. The Morgan fingerprint density at radius 3 is 2.35 bits per heavy atom. The quantitative estimate of drug-likeness (QED) is 0.448. The number of hydrogen-bond donors (Lipinski definition) is 4. The lowest BCUT2D eigenvalue weighted by molar-refractivity contribution is -0.203. The summed E-state index contributed by atoms with van der Waals surface area (Å²) in [6, 6.07) is 0. The number of ketones is 1. The number of rotatable bonds is 4. The molecule has 4 fully saturated rings. The summed E-state index contributed by atoms with van der Waals surface area (Å²) < 4.78 is 13.1. The Balaban J connectivity index is 1.55. The molecule has 1 saturated heterocycles. The lowest BCUT2D eigenvalue weighted by atomic mass is 9.44. The van der Waals surface area contributed by atoms with Crippen LogP contribution < -0.4 is 0 Å². The van der Waals surface area contributed by atoms with E-state index < -0.39 is 58.0 Å². The van der Waals surface area contributed by atoms with Gasteiger partial charge in [-0.2, -0.15) is 0 Å². The molecular formula is C30H48O7. The predicted octanol–water partition coefficient (Wildman–Crippen LogP) is 3.51. The Morgan fingerprint density at radius 1 is 1.03 bits per heavy atom. The van der Waals surface area contributed by atoms with E-state index in [9.17, 15) is 25.2 Å². The highest BCUT2D eigenvalue weighted by atomic mass is 16.8. The van der Waals surface area contributed by atoms with Crippen LogP contribution >= 0.6 is 0 Å². The van der Waals surface area contributed by atoms with Crippen molar-refractivity contribution in [3.05, 3.63) is 11.6 Å². The van der Waals surface area contributed by atoms with E-state index in [0.29, 0.717) is 30.8 Å². The zero-order chi connectivity index (χ0) is 27.3. The molecule has 3 saturated carbocycles. The zero-order valence-electron chi connectivity index (χ0n) is 23.7. The van der Waals surface area contributed by atoms with E-state index >= 15 is 0 Å². The van der Waals surface area contributed by atoms with Crippen molar-refractivity contribution in [3.63, 3.8) is 0 Å². The first-order chi connectivity index (χ1) is 17.0. The van der Waals surface area contributed by atoms with Gasteiger partial charge in [-0.05, 0) is 94.6 Å². The highest BCUT2D eigenvalue weighted by molar-refractivity contribution is 5.95. The van der Waals surface area contributed by atoms with Gasteiger partial charge in [0.05, 0.1) is 35.6 Å². The highest BCUT2D eigenvalue weighted by Crippen LogP contribution is 2.69. The summed E-state index contributed by atoms with van der Waals surface area (Å²) in [7, 11) is 0. The van der Waals surface area contributed by atoms with Gasteiger partial charge >= 0.3 is 0 Å². The molecule has 0 amide bonds. The number of carbonyl (C=O) groups excluding carboxylic acids is 1. The standard InChI is InChI=1S/C30H48O7/c1-16(2)8-9-24-29(7,37-26(3,4)36-24)23-10-11-30(35)18-13-19(31)17-12-20(32)21(33)14-27(17,5)25(18)22(34)15-28(23,30)6/h13,16-17,20-25,32-35H,8-12,14-15H2,1-7H3/t17-,20+,21-,22+,23-,24+,25+,27-,28+,29+,30+/m0/s1. The SMILES string of the molecule is CC(C)CC[C@H]1OC(C)(C)O[C@]1(C)[C@H]1CC[C@@]2(O)C3=CC(=O)[C@@H]4C[C@@H](O)[C@@H](O)C[C@]4(C)[C@H]3[C@H](O)C[C@]12C. The summed E-state index contributed by atoms with van der Waals surface area (Å²) in [5, 5.41) is 45.2. The van der Waals surface area contributed by atoms with E-state index in [1.807, 2.05) is 20.8 Å². The fourth-order valence-electron chi connectivity index (χ4n) is 9.61. The summed E-state index contributed by atoms with van der Waals surface area (Å²) in [6.07, 6.45) is 2.58. The molecule has 5 rings (SSSR count). The van der Waals surface area contributed by atoms with Gasteiger partial charge in [0.25, 0.3) is 0 Å². The second-order valence-corrected chi connectivity index (χ2v) is 14.5. The molecule has 0 bridgehead atoms. The van der Waals surface area contributed by atoms with Crippen molar-refractivity contribution in [2.75, 3.05) is 0 Å². The minimum absolute atomic E-state index is 0.0835. The van der Waals surface area contributed by atoms with Crippen LogP contribution in [-0.4, -0.2) is 67.6 Å². The molecule has 0 unspecified atom stereocenters. The van der Waals surface area contributed by atoms with Gasteiger partial charge in [0.1, 0.15) is 0 Å². The van der Waals surface area contributed by atoms with Gasteiger partial charge in [0.15, 0.2) is 11.6 Å². The van der Waals surface area contributed by atoms with Gasteiger partial charge in [-0.3, -0.25) is 4.79 Å². The molecule has 0 aromatic carbocycles. The Bertz CT molecular complexity index is 975. The molecule has 7 heteroatoms. The van der Waals surface area contributed by atoms with E-state index in [0.717, 1.165) is 12.8 Å². The van der Waals surface area contributed by atoms with Crippen LogP contribution in [0.2, 0.25) is 0 Å². The maximum absolute atomic E-state index is 13.5. The number of allylic oxidation sites excluding steroid dienone is 1. The van der Waals surface area contributed by atoms with Crippen LogP contribution in [0.5, 0.6) is 0 Å². The molecule has 7 nitrogen and oxygen atoms in total. The molecule has 5 aliphatic rings. The lowest BCUT2D eigenvalue weighted by Gasteiger charge is -2.62. The van der Waals surface area contributed by atoms with Crippen LogP contribution in [0.3, 0.4) is 0 Å². The molecule has 0 radical (unpaired) electrons. The zero-order valence-corrected chi connectivity index (χ0v) is 23.7. The summed E-state index contributed by atoms with van der Waals surface area (Å²) in [5.74, 6) is -1.35. The number of carbonyl (C=O) groups is 1. The number of aliphatic hydroxyl groups excluding tert-OH is 3. The molecule has 4 aliphatic carbocycles. The highest BCUT2D eigenvalue weighted by Gasteiger charge is 2.72. The van der Waals surface area contributed by atoms with Crippen molar-refractivity contribution in [3.8, 4) is 0 Å². The fraction of sp³-hybridized carbons (Fsp3) is 0.900. The van der Waals surface area contributed by atoms with Gasteiger partial charge in [-0.25, -0.2) is 0 Å². The fourth-order valence-corrected chi connectivity index (χ4v) is 9.61. The van der Waals surface area contributed by atoms with E-state index in [1.54, 1.807) is 6.08 Å². The van der Waals surface area contributed by atoms with Crippen LogP contribution in [0.4, 0.5) is 0 Å². The number of fused-ring (bicyclic) bond motifs is 5. The van der Waals surface area contributed by atoms with Crippen molar-refractivity contribution >= 4 is 5.78 Å². The Labute approximate surface area is 221 Å². The van der Waals surface area contributed by atoms with E-state index in [4.69, 9.17) is 9.47 Å². The molecule has 37 heavy (non-hydrogen) atoms. The number of hydrogen-bond acceptors (Lipinski definition) is 7. The van der Waals surface area contributed by atoms with Crippen LogP contribution in [0.25, 0.3) is 0 Å². The van der Waals surface area contributed by atoms with Crippen molar-refractivity contribution in [2.24, 2.45) is 34.5 Å². The molecule has 1 heterocycles. The van der Waals surface area contributed by atoms with Gasteiger partial charge < -0.3 is 29.9 Å². The second kappa shape index (κ2) is 8.58. The summed E-state index contributed by atoms with van der Waals surface area (Å²) in [6.45, 7) is 14.4. The minimum atomic E-state index is -1.27. The van der Waals surface area contributed by atoms with E-state index in [-0.39, 0.29) is 30.6 Å². The first-order valence-electron chi connectivity index (χ1n) is 14.4. The average Bonchev–Trinajstić information content (AvgIpc) is 3.17. The van der Waals surface area contributed by atoms with Crippen molar-refractivity contribution in [2.45, 2.75) is 135 Å². The smallest absolute Gasteiger partial charge is 0.164 e. The van der Waals surface area contributed by atoms with E-state index in [1.165, 1.54) is 0 Å². The normalized spacial score (nSPS) is 53.0. The van der Waals surface area contributed by atoms with Gasteiger partial charge in [-0.15, -0.1) is 0 Å². The Morgan fingerprint density at radius 2 is 1.70 bits per heavy atom. The van der Waals surface area contributed by atoms with Crippen LogP contribution in [0.15, 0.2) is 11.6 Å². The minimum Gasteiger partial charge on any atom is -0.392 e. The Hall–Kier alpha value is -0.830. The number of ether oxygens (including phenoxy) is 2. The number of aliphatic hydroxyl groups is 4. The van der Waals surface area contributed by atoms with Crippen LogP contribution in [-0.2, 0) is 14.3 Å². The molecule has 0 aromatic heterocycles. The summed E-state index contributed by atoms with van der Waals surface area (Å²) in [5.41, 5.74) is -2.76. The third-order valence-corrected chi connectivity index (χ3v) is 11.3. The molecule has 1 aliphatic heterocycles. The first-order valence-corrected chi connectivity index (χ1v) is 14.4. The van der Waals surface area contributed by atoms with E-state index in [2.05, 4.69) is 27.7 Å². The third kappa shape index (κ3) is 3.86. The van der Waals surface area contributed by atoms with Gasteiger partial charge in [0, 0.05) is 17.3 Å². The van der Waals surface area contributed by atoms with Crippen molar-refractivity contribution in [1.82, 2.24) is 0 Å². The second-order valence-electron chi connectivity index (χ2n) is 14.5. The first kappa shape index (κ1) is 27.7. The molecule has 210 valence electrons. The monoisotopic (exact) mass is 520 g/mol. The maximum atomic E-state index is 13.5. The van der Waals surface area contributed by atoms with Gasteiger partial charge in [-0.1, -0.05) is 27.7 Å². The molecule has 11 atom stereocenters. The van der Waals surface area contributed by atoms with Gasteiger partial charge in [0.2, 0.25) is 0 Å². The predicted molar refractivity (Wildman–Crippen MR) is 138 cm³/mol. The largest absolute Gasteiger partial charge is 0.392 e. The summed E-state index contributed by atoms with van der Waals surface area (Å²) >= 11 is 0. The third-order valence-electron chi connectivity index (χ3n) is 11.3. The van der Waals surface area contributed by atoms with Crippen molar-refractivity contribution < 1.29 is 34.7 Å². The molecular weight excluding hydrogens is 472 g/mol. The molecule has 4 N–H and O–H groups in total. The molecule has 0 aromatic rings. The average molecular weight is 521 g/mol. The van der Waals surface area contributed by atoms with Crippen LogP contribution in [0.1, 0.15) is 93.4 Å². The lowest BCUT2D eigenvalue weighted by Crippen LogP contribution is -2.66. The van der Waals surface area contributed by atoms with Crippen molar-refractivity contribution in [1.29, 1.82) is 0 Å².